The smallest absolute Gasteiger partial charge is 0.246 e. The van der Waals surface area contributed by atoms with Gasteiger partial charge < -0.3 is 4.74 Å². The van der Waals surface area contributed by atoms with Gasteiger partial charge in [-0.3, -0.25) is 0 Å². The van der Waals surface area contributed by atoms with Crippen molar-refractivity contribution >= 4 is 33.2 Å². The van der Waals surface area contributed by atoms with Gasteiger partial charge in [-0.1, -0.05) is 11.6 Å². The third kappa shape index (κ3) is 3.51. The molecule has 0 bridgehead atoms. The van der Waals surface area contributed by atoms with Crippen LogP contribution in [0.1, 0.15) is 18.4 Å². The van der Waals surface area contributed by atoms with E-state index in [1.54, 1.807) is 0 Å². The Balaban J connectivity index is 2.42. The SMILES string of the molecule is COC1CCCN(S(=O)(=O)c2cc(Cl)cc(CCl)c2F)C1. The zero-order chi connectivity index (χ0) is 15.6. The van der Waals surface area contributed by atoms with Crippen LogP contribution in [0, 0.1) is 5.82 Å². The first kappa shape index (κ1) is 17.0. The summed E-state index contributed by atoms with van der Waals surface area (Å²) < 4.78 is 46.0. The molecule has 1 aromatic rings. The number of hydrogen-bond donors (Lipinski definition) is 0. The number of methoxy groups -OCH3 is 1. The second-order valence-corrected chi connectivity index (χ2v) is 7.48. The molecule has 1 aliphatic rings. The molecular formula is C13H16Cl2FNO3S. The summed E-state index contributed by atoms with van der Waals surface area (Å²) in [6.45, 7) is 0.547. The van der Waals surface area contributed by atoms with Crippen molar-refractivity contribution in [3.63, 3.8) is 0 Å². The van der Waals surface area contributed by atoms with Gasteiger partial charge in [0.1, 0.15) is 10.7 Å². The zero-order valence-corrected chi connectivity index (χ0v) is 13.8. The lowest BCUT2D eigenvalue weighted by atomic mass is 10.1. The standard InChI is InChI=1S/C13H16Cl2FNO3S/c1-20-11-3-2-4-17(8-11)21(18,19)12-6-10(15)5-9(7-14)13(12)16/h5-6,11H,2-4,7-8H2,1H3. The fourth-order valence-electron chi connectivity index (χ4n) is 2.36. The first-order chi connectivity index (χ1) is 9.90. The van der Waals surface area contributed by atoms with Crippen molar-refractivity contribution in [1.82, 2.24) is 4.31 Å². The summed E-state index contributed by atoms with van der Waals surface area (Å²) >= 11 is 11.5. The first-order valence-corrected chi connectivity index (χ1v) is 8.82. The molecule has 0 amide bonds. The molecule has 0 radical (unpaired) electrons. The van der Waals surface area contributed by atoms with E-state index >= 15 is 0 Å². The van der Waals surface area contributed by atoms with Gasteiger partial charge in [0.25, 0.3) is 0 Å². The van der Waals surface area contributed by atoms with Crippen LogP contribution in [0.5, 0.6) is 0 Å². The van der Waals surface area contributed by atoms with Crippen LogP contribution in [0.4, 0.5) is 4.39 Å². The number of ether oxygens (including phenoxy) is 1. The van der Waals surface area contributed by atoms with E-state index in [0.717, 1.165) is 12.5 Å². The minimum Gasteiger partial charge on any atom is -0.380 e. The van der Waals surface area contributed by atoms with Crippen LogP contribution in [0.15, 0.2) is 17.0 Å². The molecule has 0 N–H and O–H groups in total. The number of benzene rings is 1. The Kier molecular flexibility index (Phi) is 5.48. The van der Waals surface area contributed by atoms with Gasteiger partial charge in [0.15, 0.2) is 0 Å². The number of piperidine rings is 1. The molecule has 1 fully saturated rings. The van der Waals surface area contributed by atoms with Crippen LogP contribution < -0.4 is 0 Å². The van der Waals surface area contributed by atoms with E-state index in [1.165, 1.54) is 17.5 Å². The monoisotopic (exact) mass is 355 g/mol. The Bertz CT molecular complexity index is 624. The summed E-state index contributed by atoms with van der Waals surface area (Å²) in [6.07, 6.45) is 1.28. The van der Waals surface area contributed by atoms with Crippen LogP contribution in [-0.2, 0) is 20.6 Å². The number of halogens is 3. The molecule has 4 nitrogen and oxygen atoms in total. The minimum atomic E-state index is -3.96. The Morgan fingerprint density at radius 1 is 1.48 bits per heavy atom. The fourth-order valence-corrected chi connectivity index (χ4v) is 4.50. The highest BCUT2D eigenvalue weighted by Gasteiger charge is 2.33. The molecule has 0 aromatic heterocycles. The van der Waals surface area contributed by atoms with E-state index in [9.17, 15) is 12.8 Å². The summed E-state index contributed by atoms with van der Waals surface area (Å²) in [7, 11) is -2.42. The van der Waals surface area contributed by atoms with Gasteiger partial charge in [0.2, 0.25) is 10.0 Å². The Morgan fingerprint density at radius 2 is 2.19 bits per heavy atom. The Labute approximate surface area is 133 Å². The van der Waals surface area contributed by atoms with Gasteiger partial charge in [-0.25, -0.2) is 12.8 Å². The molecule has 0 saturated carbocycles. The Hall–Kier alpha value is -0.400. The van der Waals surface area contributed by atoms with Crippen molar-refractivity contribution in [3.05, 3.63) is 28.5 Å². The van der Waals surface area contributed by atoms with Crippen molar-refractivity contribution in [2.45, 2.75) is 29.7 Å². The van der Waals surface area contributed by atoms with Crippen LogP contribution in [0.25, 0.3) is 0 Å². The van der Waals surface area contributed by atoms with Gasteiger partial charge in [-0.2, -0.15) is 4.31 Å². The van der Waals surface area contributed by atoms with Gasteiger partial charge in [-0.15, -0.1) is 11.6 Å². The highest BCUT2D eigenvalue weighted by atomic mass is 35.5. The number of rotatable bonds is 4. The average Bonchev–Trinajstić information content (AvgIpc) is 2.49. The maximum atomic E-state index is 14.3. The molecule has 118 valence electrons. The number of nitrogens with zero attached hydrogens (tertiary/aromatic N) is 1. The molecule has 2 rings (SSSR count). The van der Waals surface area contributed by atoms with E-state index in [2.05, 4.69) is 0 Å². The van der Waals surface area contributed by atoms with E-state index in [-0.39, 0.29) is 29.1 Å². The first-order valence-electron chi connectivity index (χ1n) is 6.47. The summed E-state index contributed by atoms with van der Waals surface area (Å²) in [5.41, 5.74) is 0.0723. The maximum Gasteiger partial charge on any atom is 0.246 e. The summed E-state index contributed by atoms with van der Waals surface area (Å²) in [5.74, 6) is -0.982. The molecule has 1 aromatic carbocycles. The van der Waals surface area contributed by atoms with Crippen molar-refractivity contribution in [2.24, 2.45) is 0 Å². The lowest BCUT2D eigenvalue weighted by Gasteiger charge is -2.31. The third-order valence-corrected chi connectivity index (χ3v) is 5.89. The molecule has 1 heterocycles. The predicted molar refractivity (Wildman–Crippen MR) is 79.8 cm³/mol. The maximum absolute atomic E-state index is 14.3. The number of sulfonamides is 1. The molecule has 0 aliphatic carbocycles. The quantitative estimate of drug-likeness (QED) is 0.780. The normalized spacial score (nSPS) is 20.7. The fraction of sp³-hybridized carbons (Fsp3) is 0.538. The predicted octanol–water partition coefficient (Wildman–Crippen LogP) is 3.02. The number of alkyl halides is 1. The highest BCUT2D eigenvalue weighted by molar-refractivity contribution is 7.89. The summed E-state index contributed by atoms with van der Waals surface area (Å²) in [4.78, 5) is -0.428. The van der Waals surface area contributed by atoms with Gasteiger partial charge in [0.05, 0.1) is 12.0 Å². The van der Waals surface area contributed by atoms with E-state index in [0.29, 0.717) is 13.0 Å². The van der Waals surface area contributed by atoms with Gasteiger partial charge in [0, 0.05) is 30.8 Å². The molecule has 1 aliphatic heterocycles. The van der Waals surface area contributed by atoms with E-state index in [1.807, 2.05) is 0 Å². The number of hydrogen-bond acceptors (Lipinski definition) is 3. The molecule has 1 atom stereocenters. The average molecular weight is 356 g/mol. The topological polar surface area (TPSA) is 46.6 Å². The molecular weight excluding hydrogens is 340 g/mol. The van der Waals surface area contributed by atoms with Gasteiger partial charge >= 0.3 is 0 Å². The summed E-state index contributed by atoms with van der Waals surface area (Å²) in [6, 6.07) is 2.45. The third-order valence-electron chi connectivity index (χ3n) is 3.52. The van der Waals surface area contributed by atoms with Crippen LogP contribution in [-0.4, -0.2) is 39.0 Å². The molecule has 1 unspecified atom stereocenters. The second-order valence-electron chi connectivity index (χ2n) is 4.87. The van der Waals surface area contributed by atoms with Crippen molar-refractivity contribution in [2.75, 3.05) is 20.2 Å². The van der Waals surface area contributed by atoms with Gasteiger partial charge in [-0.05, 0) is 25.0 Å². The second kappa shape index (κ2) is 6.79. The largest absolute Gasteiger partial charge is 0.380 e. The van der Waals surface area contributed by atoms with Crippen LogP contribution >= 0.6 is 23.2 Å². The van der Waals surface area contributed by atoms with Crippen molar-refractivity contribution in [1.29, 1.82) is 0 Å². The lowest BCUT2D eigenvalue weighted by molar-refractivity contribution is 0.0571. The molecule has 1 saturated heterocycles. The van der Waals surface area contributed by atoms with Crippen molar-refractivity contribution in [3.8, 4) is 0 Å². The minimum absolute atomic E-state index is 0.0723. The summed E-state index contributed by atoms with van der Waals surface area (Å²) in [5, 5.41) is 0.144. The van der Waals surface area contributed by atoms with E-state index in [4.69, 9.17) is 27.9 Å². The molecule has 21 heavy (non-hydrogen) atoms. The van der Waals surface area contributed by atoms with Crippen molar-refractivity contribution < 1.29 is 17.5 Å². The zero-order valence-electron chi connectivity index (χ0n) is 11.5. The Morgan fingerprint density at radius 3 is 2.81 bits per heavy atom. The lowest BCUT2D eigenvalue weighted by Crippen LogP contribution is -2.43. The van der Waals surface area contributed by atoms with E-state index < -0.39 is 20.7 Å². The molecule has 0 spiro atoms. The highest BCUT2D eigenvalue weighted by Crippen LogP contribution is 2.29. The van der Waals surface area contributed by atoms with Crippen LogP contribution in [0.2, 0.25) is 5.02 Å². The molecule has 8 heteroatoms. The van der Waals surface area contributed by atoms with Crippen LogP contribution in [0.3, 0.4) is 0 Å².